The van der Waals surface area contributed by atoms with Gasteiger partial charge in [0.05, 0.1) is 5.52 Å². The van der Waals surface area contributed by atoms with Crippen molar-refractivity contribution in [2.24, 2.45) is 0 Å². The molecule has 5 nitrogen and oxygen atoms in total. The van der Waals surface area contributed by atoms with E-state index in [0.29, 0.717) is 18.7 Å². The van der Waals surface area contributed by atoms with Crippen LogP contribution in [0.4, 0.5) is 0 Å². The average molecular weight is 288 g/mol. The minimum absolute atomic E-state index is 0.0357. The van der Waals surface area contributed by atoms with Crippen molar-refractivity contribution >= 4 is 16.8 Å². The van der Waals surface area contributed by atoms with E-state index in [1.807, 2.05) is 30.3 Å². The number of pyridine rings is 1. The fraction of sp³-hybridized carbons (Fsp3) is 0.375. The van der Waals surface area contributed by atoms with Crippen molar-refractivity contribution in [3.05, 3.63) is 46.2 Å². The van der Waals surface area contributed by atoms with Gasteiger partial charge < -0.3 is 10.1 Å². The molecule has 0 aliphatic carbocycles. The van der Waals surface area contributed by atoms with Gasteiger partial charge in [-0.05, 0) is 30.9 Å². The Kier molecular flexibility index (Phi) is 5.11. The van der Waals surface area contributed by atoms with Crippen LogP contribution in [0.3, 0.4) is 0 Å². The molecule has 2 rings (SSSR count). The highest BCUT2D eigenvalue weighted by Crippen LogP contribution is 2.12. The lowest BCUT2D eigenvalue weighted by Crippen LogP contribution is -2.34. The van der Waals surface area contributed by atoms with Crippen LogP contribution in [0.5, 0.6) is 0 Å². The molecule has 21 heavy (non-hydrogen) atoms. The number of hydrogen-bond acceptors (Lipinski definition) is 3. The van der Waals surface area contributed by atoms with Gasteiger partial charge in [-0.2, -0.15) is 0 Å². The normalized spacial score (nSPS) is 10.8. The molecule has 0 saturated heterocycles. The maximum atomic E-state index is 12.3. The number of carbonyl (C=O) groups is 1. The Morgan fingerprint density at radius 1 is 1.33 bits per heavy atom. The molecule has 0 unspecified atom stereocenters. The maximum Gasteiger partial charge on any atom is 0.254 e. The Labute approximate surface area is 123 Å². The molecule has 2 aromatic rings. The summed E-state index contributed by atoms with van der Waals surface area (Å²) >= 11 is 0. The van der Waals surface area contributed by atoms with Gasteiger partial charge in [0.25, 0.3) is 5.56 Å². The monoisotopic (exact) mass is 288 g/mol. The van der Waals surface area contributed by atoms with E-state index in [-0.39, 0.29) is 18.0 Å². The van der Waals surface area contributed by atoms with Crippen molar-refractivity contribution in [2.45, 2.75) is 19.9 Å². The average Bonchev–Trinajstić information content (AvgIpc) is 2.48. The summed E-state index contributed by atoms with van der Waals surface area (Å²) < 4.78 is 6.45. The number of nitrogens with one attached hydrogen (secondary N) is 1. The minimum Gasteiger partial charge on any atom is -0.385 e. The van der Waals surface area contributed by atoms with E-state index in [4.69, 9.17) is 4.74 Å². The third-order valence-electron chi connectivity index (χ3n) is 3.33. The maximum absolute atomic E-state index is 12.3. The fourth-order valence-corrected chi connectivity index (χ4v) is 2.27. The topological polar surface area (TPSA) is 60.3 Å². The van der Waals surface area contributed by atoms with E-state index in [2.05, 4.69) is 5.32 Å². The lowest BCUT2D eigenvalue weighted by atomic mass is 10.1. The molecule has 5 heteroatoms. The summed E-state index contributed by atoms with van der Waals surface area (Å²) in [7, 11) is 1.63. The van der Waals surface area contributed by atoms with E-state index in [1.54, 1.807) is 14.0 Å². The molecule has 1 aromatic heterocycles. The summed E-state index contributed by atoms with van der Waals surface area (Å²) in [5.41, 5.74) is 1.29. The molecule has 1 amide bonds. The van der Waals surface area contributed by atoms with Gasteiger partial charge in [0, 0.05) is 25.8 Å². The van der Waals surface area contributed by atoms with E-state index >= 15 is 0 Å². The van der Waals surface area contributed by atoms with Crippen LogP contribution in [0.1, 0.15) is 12.0 Å². The molecule has 0 bridgehead atoms. The summed E-state index contributed by atoms with van der Waals surface area (Å²) in [5, 5.41) is 3.76. The van der Waals surface area contributed by atoms with E-state index in [9.17, 15) is 9.59 Å². The van der Waals surface area contributed by atoms with Crippen LogP contribution in [-0.2, 0) is 16.1 Å². The van der Waals surface area contributed by atoms with Crippen molar-refractivity contribution in [1.82, 2.24) is 9.88 Å². The van der Waals surface area contributed by atoms with Gasteiger partial charge in [-0.25, -0.2) is 0 Å². The summed E-state index contributed by atoms with van der Waals surface area (Å²) in [6.45, 7) is 2.95. The van der Waals surface area contributed by atoms with Crippen LogP contribution >= 0.6 is 0 Å². The number of rotatable bonds is 6. The first kappa shape index (κ1) is 15.3. The van der Waals surface area contributed by atoms with Gasteiger partial charge in [-0.1, -0.05) is 18.2 Å². The number of methoxy groups -OCH3 is 1. The zero-order valence-electron chi connectivity index (χ0n) is 12.4. The second-order valence-corrected chi connectivity index (χ2v) is 4.97. The minimum atomic E-state index is -0.163. The van der Waals surface area contributed by atoms with Crippen LogP contribution in [0.15, 0.2) is 35.1 Å². The largest absolute Gasteiger partial charge is 0.385 e. The number of aromatic nitrogens is 1. The van der Waals surface area contributed by atoms with Crippen LogP contribution < -0.4 is 10.9 Å². The van der Waals surface area contributed by atoms with Gasteiger partial charge in [-0.15, -0.1) is 0 Å². The highest BCUT2D eigenvalue weighted by molar-refractivity contribution is 5.82. The van der Waals surface area contributed by atoms with Crippen molar-refractivity contribution in [3.63, 3.8) is 0 Å². The number of aryl methyl sites for hydroxylation is 1. The summed E-state index contributed by atoms with van der Waals surface area (Å²) in [5.74, 6) is -0.163. The highest BCUT2D eigenvalue weighted by atomic mass is 16.5. The molecular formula is C16H20N2O3. The molecular weight excluding hydrogens is 268 g/mol. The number of ether oxygens (including phenoxy) is 1. The number of carbonyl (C=O) groups excluding carboxylic acids is 1. The SMILES string of the molecule is COCCCNC(=O)Cn1c(=O)c(C)cc2ccccc21. The fourth-order valence-electron chi connectivity index (χ4n) is 2.27. The Balaban J connectivity index is 2.19. The molecule has 0 fully saturated rings. The lowest BCUT2D eigenvalue weighted by molar-refractivity contribution is -0.121. The van der Waals surface area contributed by atoms with Crippen molar-refractivity contribution in [2.75, 3.05) is 20.3 Å². The second-order valence-electron chi connectivity index (χ2n) is 4.97. The number of para-hydroxylation sites is 1. The first-order valence-corrected chi connectivity index (χ1v) is 6.98. The van der Waals surface area contributed by atoms with E-state index in [0.717, 1.165) is 17.3 Å². The van der Waals surface area contributed by atoms with Crippen molar-refractivity contribution in [3.8, 4) is 0 Å². The van der Waals surface area contributed by atoms with Crippen molar-refractivity contribution < 1.29 is 9.53 Å². The first-order chi connectivity index (χ1) is 10.1. The second kappa shape index (κ2) is 7.04. The predicted octanol–water partition coefficient (Wildman–Crippen LogP) is 1.46. The number of fused-ring (bicyclic) bond motifs is 1. The Morgan fingerprint density at radius 2 is 2.10 bits per heavy atom. The van der Waals surface area contributed by atoms with Crippen LogP contribution in [-0.4, -0.2) is 30.7 Å². The molecule has 0 aliphatic rings. The summed E-state index contributed by atoms with van der Waals surface area (Å²) in [6, 6.07) is 9.43. The first-order valence-electron chi connectivity index (χ1n) is 6.98. The number of hydrogen-bond donors (Lipinski definition) is 1. The standard InChI is InChI=1S/C16H20N2O3/c1-12-10-13-6-3-4-7-14(13)18(16(12)20)11-15(19)17-8-5-9-21-2/h3-4,6-7,10H,5,8-9,11H2,1-2H3,(H,17,19). The zero-order valence-corrected chi connectivity index (χ0v) is 12.4. The molecule has 0 atom stereocenters. The van der Waals surface area contributed by atoms with Crippen LogP contribution in [0.25, 0.3) is 10.9 Å². The molecule has 1 N–H and O–H groups in total. The third-order valence-corrected chi connectivity index (χ3v) is 3.33. The summed E-state index contributed by atoms with van der Waals surface area (Å²) in [6.07, 6.45) is 0.756. The zero-order chi connectivity index (χ0) is 15.2. The number of benzene rings is 1. The molecule has 1 heterocycles. The predicted molar refractivity (Wildman–Crippen MR) is 82.4 cm³/mol. The van der Waals surface area contributed by atoms with Gasteiger partial charge in [-0.3, -0.25) is 14.2 Å². The van der Waals surface area contributed by atoms with Crippen LogP contribution in [0, 0.1) is 6.92 Å². The number of nitrogens with zero attached hydrogens (tertiary/aromatic N) is 1. The van der Waals surface area contributed by atoms with Gasteiger partial charge in [0.15, 0.2) is 0 Å². The molecule has 0 aliphatic heterocycles. The highest BCUT2D eigenvalue weighted by Gasteiger charge is 2.09. The Hall–Kier alpha value is -2.14. The molecule has 112 valence electrons. The summed E-state index contributed by atoms with van der Waals surface area (Å²) in [4.78, 5) is 24.2. The molecule has 0 spiro atoms. The quantitative estimate of drug-likeness (QED) is 0.819. The molecule has 0 saturated carbocycles. The Morgan fingerprint density at radius 3 is 2.86 bits per heavy atom. The Bertz CT molecular complexity index is 691. The smallest absolute Gasteiger partial charge is 0.254 e. The van der Waals surface area contributed by atoms with Gasteiger partial charge in [0.2, 0.25) is 5.91 Å². The molecule has 0 radical (unpaired) electrons. The number of amides is 1. The molecule has 1 aromatic carbocycles. The van der Waals surface area contributed by atoms with Gasteiger partial charge in [0.1, 0.15) is 6.54 Å². The lowest BCUT2D eigenvalue weighted by Gasteiger charge is -2.11. The van der Waals surface area contributed by atoms with E-state index < -0.39 is 0 Å². The van der Waals surface area contributed by atoms with E-state index in [1.165, 1.54) is 4.57 Å². The van der Waals surface area contributed by atoms with Gasteiger partial charge >= 0.3 is 0 Å². The van der Waals surface area contributed by atoms with Crippen molar-refractivity contribution in [1.29, 1.82) is 0 Å². The van der Waals surface area contributed by atoms with Crippen LogP contribution in [0.2, 0.25) is 0 Å². The third kappa shape index (κ3) is 3.70.